The highest BCUT2D eigenvalue weighted by molar-refractivity contribution is 6.31. The number of alkyl halides is 3. The second-order valence-electron chi connectivity index (χ2n) is 10.3. The van der Waals surface area contributed by atoms with Crippen molar-refractivity contribution in [3.05, 3.63) is 81.6 Å². The predicted molar refractivity (Wildman–Crippen MR) is 152 cm³/mol. The Morgan fingerprint density at radius 2 is 1.73 bits per heavy atom. The summed E-state index contributed by atoms with van der Waals surface area (Å²) in [5.41, 5.74) is 4.13. The molecular formula is C30H32ClF3N4O3. The summed E-state index contributed by atoms with van der Waals surface area (Å²) in [7, 11) is 0. The Labute approximate surface area is 241 Å². The zero-order valence-electron chi connectivity index (χ0n) is 23.3. The lowest BCUT2D eigenvalue weighted by atomic mass is 9.97. The summed E-state index contributed by atoms with van der Waals surface area (Å²) >= 11 is 5.76. The minimum absolute atomic E-state index is 0.0583. The van der Waals surface area contributed by atoms with Gasteiger partial charge >= 0.3 is 6.18 Å². The molecule has 1 saturated heterocycles. The van der Waals surface area contributed by atoms with Gasteiger partial charge in [-0.2, -0.15) is 18.3 Å². The second kappa shape index (κ2) is 12.4. The number of amides is 2. The number of carbonyl (C=O) groups is 2. The molecule has 2 aromatic carbocycles. The van der Waals surface area contributed by atoms with Crippen molar-refractivity contribution >= 4 is 29.6 Å². The van der Waals surface area contributed by atoms with Gasteiger partial charge in [0.15, 0.2) is 6.61 Å². The Balaban J connectivity index is 1.37. The number of ether oxygens (including phenoxy) is 1. The lowest BCUT2D eigenvalue weighted by Gasteiger charge is -2.38. The number of halogens is 4. The van der Waals surface area contributed by atoms with Gasteiger partial charge in [0.05, 0.1) is 16.8 Å². The minimum atomic E-state index is -4.58. The van der Waals surface area contributed by atoms with Crippen molar-refractivity contribution in [2.75, 3.05) is 6.61 Å². The Kier molecular flexibility index (Phi) is 9.11. The van der Waals surface area contributed by atoms with Crippen LogP contribution in [-0.2, 0) is 11.0 Å². The number of hydrogen-bond acceptors (Lipinski definition) is 4. The van der Waals surface area contributed by atoms with Gasteiger partial charge in [-0.15, -0.1) is 0 Å². The van der Waals surface area contributed by atoms with Gasteiger partial charge < -0.3 is 14.2 Å². The molecule has 3 aromatic rings. The van der Waals surface area contributed by atoms with Gasteiger partial charge in [-0.3, -0.25) is 9.59 Å². The molecule has 2 unspecified atom stereocenters. The van der Waals surface area contributed by atoms with Gasteiger partial charge in [0.25, 0.3) is 11.8 Å². The van der Waals surface area contributed by atoms with E-state index in [9.17, 15) is 22.8 Å². The first-order valence-electron chi connectivity index (χ1n) is 13.3. The van der Waals surface area contributed by atoms with Crippen molar-refractivity contribution in [3.63, 3.8) is 0 Å². The number of benzene rings is 2. The number of likely N-dealkylation sites (tertiary alicyclic amines) is 1. The van der Waals surface area contributed by atoms with E-state index < -0.39 is 17.6 Å². The van der Waals surface area contributed by atoms with Crippen LogP contribution in [0.4, 0.5) is 13.2 Å². The number of nitrogens with one attached hydrogen (secondary N) is 1. The van der Waals surface area contributed by atoms with Crippen LogP contribution in [0.15, 0.2) is 53.6 Å². The Morgan fingerprint density at radius 3 is 2.37 bits per heavy atom. The number of hydrogen-bond donors (Lipinski definition) is 1. The summed E-state index contributed by atoms with van der Waals surface area (Å²) in [5, 5.41) is 3.65. The third-order valence-corrected chi connectivity index (χ3v) is 7.64. The minimum Gasteiger partial charge on any atom is -0.484 e. The number of hydrazone groups is 1. The number of piperidine rings is 1. The molecule has 41 heavy (non-hydrogen) atoms. The fraction of sp³-hybridized carbons (Fsp3) is 0.367. The van der Waals surface area contributed by atoms with E-state index in [4.69, 9.17) is 16.3 Å². The number of carbonyl (C=O) groups excluding carboxylic acids is 2. The molecule has 1 aliphatic heterocycles. The summed E-state index contributed by atoms with van der Waals surface area (Å²) in [5.74, 6) is -0.0442. The Bertz CT molecular complexity index is 1440. The lowest BCUT2D eigenvalue weighted by Crippen LogP contribution is -2.49. The summed E-state index contributed by atoms with van der Waals surface area (Å²) in [6.45, 7) is 7.53. The number of aryl methyl sites for hydroxylation is 1. The van der Waals surface area contributed by atoms with Crippen molar-refractivity contribution in [2.45, 2.75) is 65.2 Å². The lowest BCUT2D eigenvalue weighted by molar-refractivity contribution is -0.139. The monoisotopic (exact) mass is 588 g/mol. The number of nitrogens with zero attached hydrogens (tertiary/aromatic N) is 3. The van der Waals surface area contributed by atoms with Crippen LogP contribution in [-0.4, -0.2) is 46.2 Å². The molecule has 1 fully saturated rings. The topological polar surface area (TPSA) is 75.9 Å². The van der Waals surface area contributed by atoms with Crippen molar-refractivity contribution in [2.24, 2.45) is 5.10 Å². The summed E-state index contributed by atoms with van der Waals surface area (Å²) < 4.78 is 47.4. The average molecular weight is 589 g/mol. The Hall–Kier alpha value is -3.79. The summed E-state index contributed by atoms with van der Waals surface area (Å²) in [4.78, 5) is 27.1. The molecule has 0 spiro atoms. The van der Waals surface area contributed by atoms with Gasteiger partial charge in [-0.1, -0.05) is 11.6 Å². The van der Waals surface area contributed by atoms with Crippen LogP contribution in [0, 0.1) is 13.8 Å². The van der Waals surface area contributed by atoms with Crippen LogP contribution in [0.3, 0.4) is 0 Å². The van der Waals surface area contributed by atoms with Crippen LogP contribution in [0.25, 0.3) is 5.69 Å². The zero-order valence-corrected chi connectivity index (χ0v) is 24.0. The Morgan fingerprint density at radius 1 is 1.07 bits per heavy atom. The largest absolute Gasteiger partial charge is 0.484 e. The highest BCUT2D eigenvalue weighted by atomic mass is 35.5. The van der Waals surface area contributed by atoms with E-state index in [1.165, 1.54) is 18.3 Å². The normalized spacial score (nSPS) is 17.6. The van der Waals surface area contributed by atoms with Crippen LogP contribution in [0.2, 0.25) is 5.02 Å². The maximum atomic E-state index is 13.3. The second-order valence-corrected chi connectivity index (χ2v) is 10.7. The quantitative estimate of drug-likeness (QED) is 0.247. The average Bonchev–Trinajstić information content (AvgIpc) is 3.19. The summed E-state index contributed by atoms with van der Waals surface area (Å²) in [6, 6.07) is 12.2. The molecule has 2 atom stereocenters. The van der Waals surface area contributed by atoms with E-state index in [0.717, 1.165) is 25.3 Å². The highest BCUT2D eigenvalue weighted by Gasteiger charge is 2.34. The summed E-state index contributed by atoms with van der Waals surface area (Å²) in [6.07, 6.45) is -0.0645. The van der Waals surface area contributed by atoms with Crippen molar-refractivity contribution in [1.29, 1.82) is 0 Å². The van der Waals surface area contributed by atoms with Crippen LogP contribution < -0.4 is 10.2 Å². The number of aromatic nitrogens is 1. The van der Waals surface area contributed by atoms with Crippen LogP contribution in [0.1, 0.15) is 66.0 Å². The predicted octanol–water partition coefficient (Wildman–Crippen LogP) is 6.70. The van der Waals surface area contributed by atoms with Crippen LogP contribution in [0.5, 0.6) is 5.75 Å². The molecule has 218 valence electrons. The SMILES string of the molecule is Cc1cc(C=NNC(=O)c2ccc(OCC(=O)N3C(C)CCCC3C)cc2)c(C)n1-c1ccc(Cl)c(C(F)(F)F)c1. The van der Waals surface area contributed by atoms with Crippen molar-refractivity contribution < 1.29 is 27.5 Å². The maximum Gasteiger partial charge on any atom is 0.417 e. The third kappa shape index (κ3) is 6.93. The van der Waals surface area contributed by atoms with Gasteiger partial charge in [0.1, 0.15) is 5.75 Å². The van der Waals surface area contributed by atoms with Gasteiger partial charge in [-0.05, 0) is 95.5 Å². The zero-order chi connectivity index (χ0) is 29.9. The molecule has 2 heterocycles. The molecule has 0 aliphatic carbocycles. The van der Waals surface area contributed by atoms with Gasteiger partial charge in [-0.25, -0.2) is 5.43 Å². The first-order valence-corrected chi connectivity index (χ1v) is 13.7. The van der Waals surface area contributed by atoms with E-state index in [2.05, 4.69) is 10.5 Å². The molecule has 1 aromatic heterocycles. The molecule has 0 bridgehead atoms. The molecule has 7 nitrogen and oxygen atoms in total. The maximum absolute atomic E-state index is 13.3. The highest BCUT2D eigenvalue weighted by Crippen LogP contribution is 2.36. The molecule has 11 heteroatoms. The van der Waals surface area contributed by atoms with Crippen LogP contribution >= 0.6 is 11.6 Å². The molecule has 2 amide bonds. The van der Waals surface area contributed by atoms with Gasteiger partial charge in [0.2, 0.25) is 0 Å². The van der Waals surface area contributed by atoms with Crippen molar-refractivity contribution in [1.82, 2.24) is 14.9 Å². The molecule has 1 aliphatic rings. The first-order chi connectivity index (χ1) is 19.4. The van der Waals surface area contributed by atoms with Gasteiger partial charge in [0, 0.05) is 40.3 Å². The van der Waals surface area contributed by atoms with E-state index in [0.29, 0.717) is 34.0 Å². The molecule has 4 rings (SSSR count). The van der Waals surface area contributed by atoms with Crippen molar-refractivity contribution in [3.8, 4) is 11.4 Å². The van der Waals surface area contributed by atoms with E-state index >= 15 is 0 Å². The molecule has 0 radical (unpaired) electrons. The standard InChI is InChI=1S/C30H32ClF3N4O3/c1-18-6-5-7-19(2)37(18)28(39)17-41-25-11-8-22(9-12-25)29(40)36-35-16-23-14-20(3)38(21(23)4)24-10-13-27(31)26(15-24)30(32,33)34/h8-16,18-19H,5-7,17H2,1-4H3,(H,36,40). The third-order valence-electron chi connectivity index (χ3n) is 7.31. The van der Waals surface area contributed by atoms with E-state index in [1.807, 2.05) is 18.7 Å². The van der Waals surface area contributed by atoms with E-state index in [1.54, 1.807) is 48.7 Å². The smallest absolute Gasteiger partial charge is 0.417 e. The molecule has 1 N–H and O–H groups in total. The fourth-order valence-electron chi connectivity index (χ4n) is 5.25. The molecular weight excluding hydrogens is 557 g/mol. The van der Waals surface area contributed by atoms with E-state index in [-0.39, 0.29) is 29.6 Å². The first kappa shape index (κ1) is 30.2. The fourth-order valence-corrected chi connectivity index (χ4v) is 5.47. The molecule has 0 saturated carbocycles. The number of rotatable bonds is 7.